The van der Waals surface area contributed by atoms with Gasteiger partial charge in [-0.05, 0) is 36.4 Å². The Hall–Kier alpha value is -4.63. The first-order valence-corrected chi connectivity index (χ1v) is 10.9. The molecule has 0 atom stereocenters. The summed E-state index contributed by atoms with van der Waals surface area (Å²) < 4.78 is 12.3. The van der Waals surface area contributed by atoms with E-state index >= 15 is 0 Å². The second kappa shape index (κ2) is 9.70. The third-order valence-electron chi connectivity index (χ3n) is 4.93. The topological polar surface area (TPSA) is 115 Å². The van der Waals surface area contributed by atoms with Crippen molar-refractivity contribution in [1.82, 2.24) is 19.7 Å². The minimum Gasteiger partial charge on any atom is -0.484 e. The van der Waals surface area contributed by atoms with Gasteiger partial charge in [0.1, 0.15) is 17.3 Å². The van der Waals surface area contributed by atoms with Crippen LogP contribution in [-0.2, 0) is 4.79 Å². The summed E-state index contributed by atoms with van der Waals surface area (Å²) in [6.07, 6.45) is 1.52. The molecule has 0 aliphatic carbocycles. The van der Waals surface area contributed by atoms with Gasteiger partial charge in [0.25, 0.3) is 11.5 Å². The average Bonchev–Trinajstić information content (AvgIpc) is 3.54. The van der Waals surface area contributed by atoms with Gasteiger partial charge in [-0.25, -0.2) is 4.98 Å². The first-order chi connectivity index (χ1) is 17.0. The van der Waals surface area contributed by atoms with Crippen molar-refractivity contribution in [1.29, 1.82) is 0 Å². The highest BCUT2D eigenvalue weighted by Crippen LogP contribution is 2.25. The lowest BCUT2D eigenvalue weighted by Gasteiger charge is -2.10. The zero-order valence-corrected chi connectivity index (χ0v) is 18.9. The maximum absolute atomic E-state index is 12.7. The quantitative estimate of drug-likeness (QED) is 0.348. The van der Waals surface area contributed by atoms with Crippen molar-refractivity contribution in [2.24, 2.45) is 0 Å². The summed E-state index contributed by atoms with van der Waals surface area (Å²) in [5.41, 5.74) is 1.30. The van der Waals surface area contributed by atoms with Crippen molar-refractivity contribution in [3.63, 3.8) is 0 Å². The molecular formula is C25H18ClN5O4. The van der Waals surface area contributed by atoms with Gasteiger partial charge < -0.3 is 14.5 Å². The Labute approximate surface area is 204 Å². The smallest absolute Gasteiger partial charge is 0.263 e. The van der Waals surface area contributed by atoms with E-state index in [2.05, 4.69) is 20.4 Å². The molecule has 1 amide bonds. The molecule has 0 saturated carbocycles. The molecule has 5 rings (SSSR count). The lowest BCUT2D eigenvalue weighted by molar-refractivity contribution is -0.118. The second-order valence-corrected chi connectivity index (χ2v) is 7.85. The van der Waals surface area contributed by atoms with Gasteiger partial charge in [-0.15, -0.1) is 0 Å². The Bertz CT molecular complexity index is 1510. The van der Waals surface area contributed by atoms with Crippen LogP contribution in [0.1, 0.15) is 0 Å². The van der Waals surface area contributed by atoms with Gasteiger partial charge in [-0.3, -0.25) is 14.6 Å². The summed E-state index contributed by atoms with van der Waals surface area (Å²) in [4.78, 5) is 32.3. The van der Waals surface area contributed by atoms with Crippen LogP contribution >= 0.6 is 11.6 Å². The highest BCUT2D eigenvalue weighted by Gasteiger charge is 2.18. The zero-order chi connectivity index (χ0) is 24.2. The fraction of sp³-hybridized carbons (Fsp3) is 0.0400. The molecule has 2 N–H and O–H groups in total. The number of aromatic amines is 1. The number of hydrogen-bond acceptors (Lipinski definition) is 6. The van der Waals surface area contributed by atoms with Gasteiger partial charge in [0.2, 0.25) is 5.95 Å². The number of nitrogens with zero attached hydrogens (tertiary/aromatic N) is 3. The second-order valence-electron chi connectivity index (χ2n) is 7.41. The zero-order valence-electron chi connectivity index (χ0n) is 18.1. The van der Waals surface area contributed by atoms with Crippen LogP contribution < -0.4 is 15.6 Å². The molecule has 0 bridgehead atoms. The monoisotopic (exact) mass is 487 g/mol. The number of halogens is 1. The molecule has 0 radical (unpaired) electrons. The predicted molar refractivity (Wildman–Crippen MR) is 131 cm³/mol. The van der Waals surface area contributed by atoms with Crippen LogP contribution in [0.15, 0.2) is 94.3 Å². The summed E-state index contributed by atoms with van der Waals surface area (Å²) in [7, 11) is 0. The van der Waals surface area contributed by atoms with Gasteiger partial charge in [0, 0.05) is 22.7 Å². The molecule has 2 aromatic carbocycles. The summed E-state index contributed by atoms with van der Waals surface area (Å²) >= 11 is 5.88. The normalized spacial score (nSPS) is 10.8. The average molecular weight is 488 g/mol. The van der Waals surface area contributed by atoms with E-state index in [9.17, 15) is 9.59 Å². The molecule has 10 heteroatoms. The number of amides is 1. The van der Waals surface area contributed by atoms with E-state index in [1.807, 2.05) is 30.3 Å². The first kappa shape index (κ1) is 22.2. The molecule has 9 nitrogen and oxygen atoms in total. The first-order valence-electron chi connectivity index (χ1n) is 10.5. The van der Waals surface area contributed by atoms with E-state index in [0.29, 0.717) is 27.9 Å². The molecule has 0 spiro atoms. The summed E-state index contributed by atoms with van der Waals surface area (Å²) in [5, 5.41) is 7.82. The van der Waals surface area contributed by atoms with Crippen molar-refractivity contribution in [3.8, 4) is 34.4 Å². The largest absolute Gasteiger partial charge is 0.484 e. The maximum atomic E-state index is 12.7. The molecule has 5 aromatic rings. The van der Waals surface area contributed by atoms with E-state index in [-0.39, 0.29) is 23.9 Å². The molecule has 0 aliphatic rings. The SMILES string of the molecule is O=C(COc1ccc(Cl)cc1)Nc1cc(-c2ccco2)nn1-c1nc(-c2ccccc2)cc(=O)[nH]1. The van der Waals surface area contributed by atoms with E-state index in [4.69, 9.17) is 20.8 Å². The van der Waals surface area contributed by atoms with Crippen molar-refractivity contribution >= 4 is 23.3 Å². The van der Waals surface area contributed by atoms with Crippen molar-refractivity contribution in [2.75, 3.05) is 11.9 Å². The maximum Gasteiger partial charge on any atom is 0.263 e. The number of benzene rings is 2. The van der Waals surface area contributed by atoms with Crippen LogP contribution in [0.3, 0.4) is 0 Å². The third kappa shape index (κ3) is 5.15. The lowest BCUT2D eigenvalue weighted by Crippen LogP contribution is -2.23. The number of carbonyl (C=O) groups excluding carboxylic acids is 1. The molecule has 3 aromatic heterocycles. The number of ether oxygens (including phenoxy) is 1. The third-order valence-corrected chi connectivity index (χ3v) is 5.19. The number of aromatic nitrogens is 4. The van der Waals surface area contributed by atoms with E-state index < -0.39 is 5.91 Å². The minimum absolute atomic E-state index is 0.128. The number of anilines is 1. The standard InChI is InChI=1S/C25H18ClN5O4/c26-17-8-10-18(11-9-17)35-15-24(33)28-22-13-20(21-7-4-12-34-21)30-31(22)25-27-19(14-23(32)29-25)16-5-2-1-3-6-16/h1-14H,15H2,(H,28,33)(H,27,29,32). The summed E-state index contributed by atoms with van der Waals surface area (Å²) in [6, 6.07) is 22.4. The number of carbonyl (C=O) groups is 1. The van der Waals surface area contributed by atoms with Crippen LogP contribution in [0.5, 0.6) is 5.75 Å². The van der Waals surface area contributed by atoms with Crippen LogP contribution in [0.25, 0.3) is 28.7 Å². The molecule has 0 saturated heterocycles. The Kier molecular flexibility index (Phi) is 6.15. The molecule has 0 unspecified atom stereocenters. The van der Waals surface area contributed by atoms with Crippen molar-refractivity contribution in [2.45, 2.75) is 0 Å². The number of hydrogen-bond donors (Lipinski definition) is 2. The highest BCUT2D eigenvalue weighted by molar-refractivity contribution is 6.30. The molecule has 174 valence electrons. The minimum atomic E-state index is -0.436. The van der Waals surface area contributed by atoms with Crippen LogP contribution in [0.4, 0.5) is 5.82 Å². The van der Waals surface area contributed by atoms with Gasteiger partial charge in [-0.2, -0.15) is 9.78 Å². The predicted octanol–water partition coefficient (Wildman–Crippen LogP) is 4.55. The Morgan fingerprint density at radius 3 is 2.57 bits per heavy atom. The van der Waals surface area contributed by atoms with Gasteiger partial charge in [-0.1, -0.05) is 41.9 Å². The fourth-order valence-corrected chi connectivity index (χ4v) is 3.46. The summed E-state index contributed by atoms with van der Waals surface area (Å²) in [6.45, 7) is -0.253. The number of rotatable bonds is 7. The van der Waals surface area contributed by atoms with Gasteiger partial charge in [0.05, 0.1) is 12.0 Å². The van der Waals surface area contributed by atoms with Crippen molar-refractivity contribution < 1.29 is 13.9 Å². The van der Waals surface area contributed by atoms with E-state index in [1.165, 1.54) is 17.0 Å². The molecule has 0 fully saturated rings. The Morgan fingerprint density at radius 2 is 1.83 bits per heavy atom. The van der Waals surface area contributed by atoms with Crippen molar-refractivity contribution in [3.05, 3.63) is 101 Å². The Balaban J connectivity index is 1.46. The molecule has 35 heavy (non-hydrogen) atoms. The van der Waals surface area contributed by atoms with E-state index in [1.54, 1.807) is 42.5 Å². The number of H-pyrrole nitrogens is 1. The number of furan rings is 1. The molecular weight excluding hydrogens is 470 g/mol. The fourth-order valence-electron chi connectivity index (χ4n) is 3.34. The number of nitrogens with one attached hydrogen (secondary N) is 2. The van der Waals surface area contributed by atoms with Crippen LogP contribution in [0.2, 0.25) is 5.02 Å². The van der Waals surface area contributed by atoms with Crippen LogP contribution in [0, 0.1) is 0 Å². The van der Waals surface area contributed by atoms with Gasteiger partial charge >= 0.3 is 0 Å². The van der Waals surface area contributed by atoms with Gasteiger partial charge in [0.15, 0.2) is 12.4 Å². The van der Waals surface area contributed by atoms with Crippen LogP contribution in [-0.4, -0.2) is 32.3 Å². The van der Waals surface area contributed by atoms with E-state index in [0.717, 1.165) is 5.56 Å². The lowest BCUT2D eigenvalue weighted by atomic mass is 10.1. The highest BCUT2D eigenvalue weighted by atomic mass is 35.5. The molecule has 3 heterocycles. The Morgan fingerprint density at radius 1 is 1.03 bits per heavy atom. The molecule has 0 aliphatic heterocycles. The summed E-state index contributed by atoms with van der Waals surface area (Å²) in [5.74, 6) is 0.945.